The van der Waals surface area contributed by atoms with E-state index in [4.69, 9.17) is 24.9 Å². The SMILES string of the molecule is COc1cccc(CS(=O)(=O)Cl)c1OC1CCOCC1. The van der Waals surface area contributed by atoms with Gasteiger partial charge in [0.05, 0.1) is 26.1 Å². The summed E-state index contributed by atoms with van der Waals surface area (Å²) < 4.78 is 39.0. The lowest BCUT2D eigenvalue weighted by atomic mass is 10.1. The maximum atomic E-state index is 11.3. The molecule has 7 heteroatoms. The summed E-state index contributed by atoms with van der Waals surface area (Å²) in [6.07, 6.45) is 1.53. The minimum absolute atomic E-state index is 0.00294. The molecular weight excluding hydrogens is 304 g/mol. The maximum absolute atomic E-state index is 11.3. The van der Waals surface area contributed by atoms with Crippen molar-refractivity contribution in [1.29, 1.82) is 0 Å². The molecule has 1 heterocycles. The van der Waals surface area contributed by atoms with E-state index in [0.717, 1.165) is 12.8 Å². The van der Waals surface area contributed by atoms with Gasteiger partial charge < -0.3 is 14.2 Å². The lowest BCUT2D eigenvalue weighted by Crippen LogP contribution is -2.26. The van der Waals surface area contributed by atoms with E-state index in [1.165, 1.54) is 7.11 Å². The molecule has 0 bridgehead atoms. The normalized spacial score (nSPS) is 16.9. The van der Waals surface area contributed by atoms with Crippen molar-refractivity contribution >= 4 is 19.7 Å². The van der Waals surface area contributed by atoms with Crippen molar-refractivity contribution < 1.29 is 22.6 Å². The topological polar surface area (TPSA) is 61.8 Å². The van der Waals surface area contributed by atoms with Gasteiger partial charge in [0.1, 0.15) is 6.10 Å². The van der Waals surface area contributed by atoms with Gasteiger partial charge in [0, 0.05) is 29.1 Å². The van der Waals surface area contributed by atoms with Crippen molar-refractivity contribution in [3.05, 3.63) is 23.8 Å². The van der Waals surface area contributed by atoms with E-state index in [0.29, 0.717) is 30.3 Å². The summed E-state index contributed by atoms with van der Waals surface area (Å²) in [7, 11) is 3.20. The van der Waals surface area contributed by atoms with Gasteiger partial charge in [-0.2, -0.15) is 0 Å². The highest BCUT2D eigenvalue weighted by Crippen LogP contribution is 2.34. The molecule has 0 radical (unpaired) electrons. The molecule has 1 aliphatic rings. The Bertz CT molecular complexity index is 552. The first-order valence-corrected chi connectivity index (χ1v) is 8.80. The van der Waals surface area contributed by atoms with Gasteiger partial charge in [0.15, 0.2) is 11.5 Å². The zero-order valence-corrected chi connectivity index (χ0v) is 12.7. The van der Waals surface area contributed by atoms with Crippen LogP contribution in [0, 0.1) is 0 Å². The first-order valence-electron chi connectivity index (χ1n) is 6.32. The number of hydrogen-bond donors (Lipinski definition) is 0. The molecule has 0 N–H and O–H groups in total. The smallest absolute Gasteiger partial charge is 0.236 e. The minimum Gasteiger partial charge on any atom is -0.493 e. The Morgan fingerprint density at radius 1 is 1.35 bits per heavy atom. The van der Waals surface area contributed by atoms with Crippen LogP contribution in [0.1, 0.15) is 18.4 Å². The second-order valence-electron chi connectivity index (χ2n) is 4.56. The fourth-order valence-corrected chi connectivity index (χ4v) is 3.07. The predicted molar refractivity (Wildman–Crippen MR) is 75.9 cm³/mol. The summed E-state index contributed by atoms with van der Waals surface area (Å²) in [5.41, 5.74) is 0.505. The largest absolute Gasteiger partial charge is 0.493 e. The van der Waals surface area contributed by atoms with E-state index >= 15 is 0 Å². The molecule has 0 saturated carbocycles. The van der Waals surface area contributed by atoms with Crippen molar-refractivity contribution in [3.8, 4) is 11.5 Å². The fourth-order valence-electron chi connectivity index (χ4n) is 2.12. The molecule has 1 aromatic rings. The fraction of sp³-hybridized carbons (Fsp3) is 0.538. The average Bonchev–Trinajstić information content (AvgIpc) is 2.40. The average molecular weight is 321 g/mol. The molecule has 20 heavy (non-hydrogen) atoms. The summed E-state index contributed by atoms with van der Waals surface area (Å²) in [4.78, 5) is 0. The molecule has 0 amide bonds. The number of rotatable bonds is 5. The van der Waals surface area contributed by atoms with Gasteiger partial charge in [0.2, 0.25) is 9.05 Å². The van der Waals surface area contributed by atoms with Crippen molar-refractivity contribution in [2.75, 3.05) is 20.3 Å². The Kier molecular flexibility index (Phi) is 5.12. The highest BCUT2D eigenvalue weighted by molar-refractivity contribution is 8.13. The molecular formula is C13H17ClO5S. The van der Waals surface area contributed by atoms with Crippen LogP contribution < -0.4 is 9.47 Å². The van der Waals surface area contributed by atoms with Gasteiger partial charge in [-0.1, -0.05) is 12.1 Å². The monoisotopic (exact) mass is 320 g/mol. The van der Waals surface area contributed by atoms with Gasteiger partial charge in [-0.3, -0.25) is 0 Å². The molecule has 0 aliphatic carbocycles. The van der Waals surface area contributed by atoms with Gasteiger partial charge in [-0.25, -0.2) is 8.42 Å². The van der Waals surface area contributed by atoms with Crippen LogP contribution in [0.2, 0.25) is 0 Å². The van der Waals surface area contributed by atoms with Crippen LogP contribution in [0.15, 0.2) is 18.2 Å². The van der Waals surface area contributed by atoms with Gasteiger partial charge in [0.25, 0.3) is 0 Å². The van der Waals surface area contributed by atoms with Crippen LogP contribution in [-0.2, 0) is 19.5 Å². The third-order valence-corrected chi connectivity index (χ3v) is 4.04. The lowest BCUT2D eigenvalue weighted by Gasteiger charge is -2.25. The summed E-state index contributed by atoms with van der Waals surface area (Å²) in [5, 5.41) is 0. The standard InChI is InChI=1S/C13H17ClO5S/c1-17-12-4-2-3-10(9-20(14,15)16)13(12)19-11-5-7-18-8-6-11/h2-4,11H,5-9H2,1H3. The van der Waals surface area contributed by atoms with Crippen molar-refractivity contribution in [2.45, 2.75) is 24.7 Å². The van der Waals surface area contributed by atoms with Gasteiger partial charge in [-0.05, 0) is 6.07 Å². The Balaban J connectivity index is 2.27. The summed E-state index contributed by atoms with van der Waals surface area (Å²) in [6, 6.07) is 5.13. The van der Waals surface area contributed by atoms with Crippen LogP contribution >= 0.6 is 10.7 Å². The van der Waals surface area contributed by atoms with Crippen molar-refractivity contribution in [1.82, 2.24) is 0 Å². The van der Waals surface area contributed by atoms with Gasteiger partial charge in [-0.15, -0.1) is 0 Å². The quantitative estimate of drug-likeness (QED) is 0.779. The third kappa shape index (κ3) is 4.26. The zero-order chi connectivity index (χ0) is 14.6. The molecule has 112 valence electrons. The molecule has 0 atom stereocenters. The molecule has 0 unspecified atom stereocenters. The van der Waals surface area contributed by atoms with E-state index < -0.39 is 9.05 Å². The number of ether oxygens (including phenoxy) is 3. The Labute approximate surface area is 123 Å². The molecule has 1 aromatic carbocycles. The van der Waals surface area contributed by atoms with Crippen LogP contribution in [0.4, 0.5) is 0 Å². The first-order chi connectivity index (χ1) is 9.49. The number of halogens is 1. The molecule has 1 saturated heterocycles. The number of hydrogen-bond acceptors (Lipinski definition) is 5. The summed E-state index contributed by atoms with van der Waals surface area (Å²) in [5.74, 6) is 0.671. The Hall–Kier alpha value is -0.980. The Morgan fingerprint density at radius 2 is 2.05 bits per heavy atom. The van der Waals surface area contributed by atoms with Crippen LogP contribution in [0.5, 0.6) is 11.5 Å². The number of methoxy groups -OCH3 is 1. The molecule has 1 fully saturated rings. The van der Waals surface area contributed by atoms with E-state index in [1.807, 2.05) is 0 Å². The molecule has 0 spiro atoms. The lowest BCUT2D eigenvalue weighted by molar-refractivity contribution is 0.0242. The molecule has 2 rings (SSSR count). The number of benzene rings is 1. The Morgan fingerprint density at radius 3 is 2.65 bits per heavy atom. The van der Waals surface area contributed by atoms with E-state index in [2.05, 4.69) is 0 Å². The maximum Gasteiger partial charge on any atom is 0.236 e. The van der Waals surface area contributed by atoms with Crippen molar-refractivity contribution in [3.63, 3.8) is 0 Å². The van der Waals surface area contributed by atoms with E-state index in [9.17, 15) is 8.42 Å². The minimum atomic E-state index is -3.65. The third-order valence-electron chi connectivity index (χ3n) is 3.06. The van der Waals surface area contributed by atoms with E-state index in [-0.39, 0.29) is 11.9 Å². The summed E-state index contributed by atoms with van der Waals surface area (Å²) >= 11 is 0. The second kappa shape index (κ2) is 6.65. The molecule has 0 aromatic heterocycles. The van der Waals surface area contributed by atoms with Gasteiger partial charge >= 0.3 is 0 Å². The van der Waals surface area contributed by atoms with Crippen molar-refractivity contribution in [2.24, 2.45) is 0 Å². The second-order valence-corrected chi connectivity index (χ2v) is 7.34. The first kappa shape index (κ1) is 15.4. The van der Waals surface area contributed by atoms with Crippen LogP contribution in [-0.4, -0.2) is 34.8 Å². The highest BCUT2D eigenvalue weighted by atomic mass is 35.7. The number of para-hydroxylation sites is 1. The summed E-state index contributed by atoms with van der Waals surface area (Å²) in [6.45, 7) is 1.28. The predicted octanol–water partition coefficient (Wildman–Crippen LogP) is 2.32. The van der Waals surface area contributed by atoms with Crippen LogP contribution in [0.25, 0.3) is 0 Å². The van der Waals surface area contributed by atoms with E-state index in [1.54, 1.807) is 18.2 Å². The molecule has 1 aliphatic heterocycles. The zero-order valence-electron chi connectivity index (χ0n) is 11.2. The molecule has 5 nitrogen and oxygen atoms in total. The highest BCUT2D eigenvalue weighted by Gasteiger charge is 2.21. The van der Waals surface area contributed by atoms with Crippen LogP contribution in [0.3, 0.4) is 0 Å².